The van der Waals surface area contributed by atoms with Crippen LogP contribution < -0.4 is 10.6 Å². The zero-order valence-corrected chi connectivity index (χ0v) is 19.4. The number of piperidine rings is 1. The maximum Gasteiger partial charge on any atom is 0.240 e. The predicted molar refractivity (Wildman–Crippen MR) is 129 cm³/mol. The number of anilines is 3. The maximum absolute atomic E-state index is 13.3. The fourth-order valence-electron chi connectivity index (χ4n) is 3.58. The predicted octanol–water partition coefficient (Wildman–Crippen LogP) is 5.09. The molecule has 166 valence electrons. The molecule has 1 unspecified atom stereocenters. The topological polar surface area (TPSA) is 87.2 Å². The van der Waals surface area contributed by atoms with Crippen molar-refractivity contribution >= 4 is 51.4 Å². The number of likely N-dealkylation sites (tertiary alicyclic amines) is 1. The van der Waals surface area contributed by atoms with E-state index in [1.54, 1.807) is 0 Å². The van der Waals surface area contributed by atoms with Gasteiger partial charge in [-0.15, -0.1) is 10.2 Å². The van der Waals surface area contributed by atoms with Gasteiger partial charge in [-0.25, -0.2) is 0 Å². The first-order valence-electron chi connectivity index (χ1n) is 10.6. The molecule has 2 amide bonds. The normalized spacial score (nSPS) is 14.6. The molecule has 9 heteroatoms. The zero-order chi connectivity index (χ0) is 22.3. The largest absolute Gasteiger partial charge is 0.341 e. The van der Waals surface area contributed by atoms with Crippen LogP contribution >= 0.6 is 23.1 Å². The fourth-order valence-corrected chi connectivity index (χ4v) is 5.63. The zero-order valence-electron chi connectivity index (χ0n) is 17.8. The lowest BCUT2D eigenvalue weighted by Gasteiger charge is -2.30. The van der Waals surface area contributed by atoms with E-state index < -0.39 is 0 Å². The monoisotopic (exact) mass is 467 g/mol. The molecule has 3 aromatic rings. The van der Waals surface area contributed by atoms with E-state index in [1.165, 1.54) is 36.4 Å². The summed E-state index contributed by atoms with van der Waals surface area (Å²) >= 11 is 2.85. The third-order valence-electron chi connectivity index (χ3n) is 5.05. The Kier molecular flexibility index (Phi) is 7.39. The summed E-state index contributed by atoms with van der Waals surface area (Å²) < 4.78 is 0.727. The van der Waals surface area contributed by atoms with Crippen LogP contribution in [0, 0.1) is 0 Å². The first-order chi connectivity index (χ1) is 15.6. The minimum atomic E-state index is -0.349. The lowest BCUT2D eigenvalue weighted by Crippen LogP contribution is -2.38. The molecule has 32 heavy (non-hydrogen) atoms. The van der Waals surface area contributed by atoms with Gasteiger partial charge in [0.2, 0.25) is 16.9 Å². The first kappa shape index (κ1) is 22.3. The van der Waals surface area contributed by atoms with Crippen molar-refractivity contribution in [2.24, 2.45) is 0 Å². The van der Waals surface area contributed by atoms with E-state index >= 15 is 0 Å². The van der Waals surface area contributed by atoms with E-state index in [0.717, 1.165) is 41.5 Å². The molecule has 1 aromatic heterocycles. The summed E-state index contributed by atoms with van der Waals surface area (Å²) in [5, 5.41) is 14.8. The van der Waals surface area contributed by atoms with Gasteiger partial charge in [0, 0.05) is 31.4 Å². The second-order valence-corrected chi connectivity index (χ2v) is 9.88. The Morgan fingerprint density at radius 3 is 2.50 bits per heavy atom. The Morgan fingerprint density at radius 2 is 1.75 bits per heavy atom. The summed E-state index contributed by atoms with van der Waals surface area (Å²) in [6, 6.07) is 17.3. The van der Waals surface area contributed by atoms with Crippen molar-refractivity contribution in [2.45, 2.75) is 35.8 Å². The summed E-state index contributed by atoms with van der Waals surface area (Å²) in [6.45, 7) is 3.11. The summed E-state index contributed by atoms with van der Waals surface area (Å²) in [4.78, 5) is 26.6. The summed E-state index contributed by atoms with van der Waals surface area (Å²) in [6.07, 6.45) is 3.30. The highest BCUT2D eigenvalue weighted by Crippen LogP contribution is 2.40. The molecule has 1 atom stereocenters. The standard InChI is InChI=1S/C23H25N5O2S2/c1-16(29)24-18-11-8-12-19(15-18)25-22-26-27-23(32-22)31-20(17-9-4-2-5-10-17)21(30)28-13-6-3-7-14-28/h2,4-5,8-12,15,20H,3,6-7,13-14H2,1H3,(H,24,29)(H,25,26). The fraction of sp³-hybridized carbons (Fsp3) is 0.304. The number of carbonyl (C=O) groups excluding carboxylic acids is 2. The number of nitrogens with zero attached hydrogens (tertiary/aromatic N) is 3. The molecular formula is C23H25N5O2S2. The highest BCUT2D eigenvalue weighted by molar-refractivity contribution is 8.01. The minimum absolute atomic E-state index is 0.123. The van der Waals surface area contributed by atoms with Crippen LogP contribution in [0.15, 0.2) is 58.9 Å². The molecule has 2 aromatic carbocycles. The summed E-state index contributed by atoms with van der Waals surface area (Å²) in [5.41, 5.74) is 2.48. The minimum Gasteiger partial charge on any atom is -0.341 e. The third kappa shape index (κ3) is 5.86. The Labute approximate surface area is 195 Å². The highest BCUT2D eigenvalue weighted by atomic mass is 32.2. The highest BCUT2D eigenvalue weighted by Gasteiger charge is 2.29. The Hall–Kier alpha value is -2.91. The number of aromatic nitrogens is 2. The van der Waals surface area contributed by atoms with Crippen molar-refractivity contribution in [3.05, 3.63) is 60.2 Å². The van der Waals surface area contributed by atoms with Crippen molar-refractivity contribution in [2.75, 3.05) is 23.7 Å². The van der Waals surface area contributed by atoms with Crippen LogP contribution in [0.1, 0.15) is 37.0 Å². The van der Waals surface area contributed by atoms with Crippen LogP contribution in [-0.4, -0.2) is 40.0 Å². The quantitative estimate of drug-likeness (QED) is 0.471. The second-order valence-electron chi connectivity index (χ2n) is 7.55. The van der Waals surface area contributed by atoms with Crippen LogP contribution in [0.25, 0.3) is 0 Å². The molecular weight excluding hydrogens is 442 g/mol. The molecule has 0 aliphatic carbocycles. The molecule has 4 rings (SSSR count). The molecule has 2 N–H and O–H groups in total. The van der Waals surface area contributed by atoms with E-state index in [1.807, 2.05) is 59.5 Å². The first-order valence-corrected chi connectivity index (χ1v) is 12.3. The number of rotatable bonds is 7. The van der Waals surface area contributed by atoms with Gasteiger partial charge in [-0.05, 0) is 43.0 Å². The molecule has 1 saturated heterocycles. The summed E-state index contributed by atoms with van der Waals surface area (Å²) in [7, 11) is 0. The van der Waals surface area contributed by atoms with Gasteiger partial charge in [0.05, 0.1) is 0 Å². The number of nitrogens with one attached hydrogen (secondary N) is 2. The second kappa shape index (κ2) is 10.6. The molecule has 1 aliphatic heterocycles. The Balaban J connectivity index is 1.49. The van der Waals surface area contributed by atoms with Gasteiger partial charge in [-0.2, -0.15) is 0 Å². The van der Waals surface area contributed by atoms with Crippen molar-refractivity contribution in [1.29, 1.82) is 0 Å². The van der Waals surface area contributed by atoms with Crippen LogP contribution in [0.5, 0.6) is 0 Å². The molecule has 0 bridgehead atoms. The Morgan fingerprint density at radius 1 is 1.00 bits per heavy atom. The molecule has 7 nitrogen and oxygen atoms in total. The van der Waals surface area contributed by atoms with Crippen LogP contribution in [-0.2, 0) is 9.59 Å². The van der Waals surface area contributed by atoms with E-state index in [9.17, 15) is 9.59 Å². The van der Waals surface area contributed by atoms with Crippen molar-refractivity contribution in [1.82, 2.24) is 15.1 Å². The number of benzene rings is 2. The Bertz CT molecular complexity index is 1070. The molecule has 0 radical (unpaired) electrons. The number of thioether (sulfide) groups is 1. The summed E-state index contributed by atoms with van der Waals surface area (Å²) in [5.74, 6) is 0.00990. The van der Waals surface area contributed by atoms with E-state index in [4.69, 9.17) is 0 Å². The lowest BCUT2D eigenvalue weighted by atomic mass is 10.1. The van der Waals surface area contributed by atoms with Gasteiger partial charge in [0.1, 0.15) is 5.25 Å². The van der Waals surface area contributed by atoms with Gasteiger partial charge < -0.3 is 15.5 Å². The molecule has 1 fully saturated rings. The number of amides is 2. The number of hydrogen-bond donors (Lipinski definition) is 2. The number of hydrogen-bond acceptors (Lipinski definition) is 7. The van der Waals surface area contributed by atoms with E-state index in [2.05, 4.69) is 20.8 Å². The maximum atomic E-state index is 13.3. The smallest absolute Gasteiger partial charge is 0.240 e. The average molecular weight is 468 g/mol. The third-order valence-corrected chi connectivity index (χ3v) is 7.22. The van der Waals surface area contributed by atoms with Crippen LogP contribution in [0.4, 0.5) is 16.5 Å². The lowest BCUT2D eigenvalue weighted by molar-refractivity contribution is -0.131. The van der Waals surface area contributed by atoms with Crippen molar-refractivity contribution in [3.8, 4) is 0 Å². The van der Waals surface area contributed by atoms with Crippen molar-refractivity contribution in [3.63, 3.8) is 0 Å². The van der Waals surface area contributed by atoms with Gasteiger partial charge in [-0.3, -0.25) is 9.59 Å². The molecule has 0 saturated carbocycles. The van der Waals surface area contributed by atoms with E-state index in [-0.39, 0.29) is 17.1 Å². The van der Waals surface area contributed by atoms with Crippen LogP contribution in [0.3, 0.4) is 0 Å². The molecule has 2 heterocycles. The molecule has 0 spiro atoms. The van der Waals surface area contributed by atoms with Crippen LogP contribution in [0.2, 0.25) is 0 Å². The van der Waals surface area contributed by atoms with Gasteiger partial charge in [0.25, 0.3) is 0 Å². The SMILES string of the molecule is CC(=O)Nc1cccc(Nc2nnc(SC(C(=O)N3CCCCC3)c3ccccc3)s2)c1. The van der Waals surface area contributed by atoms with E-state index in [0.29, 0.717) is 10.8 Å². The number of carbonyl (C=O) groups is 2. The molecule has 1 aliphatic rings. The van der Waals surface area contributed by atoms with Gasteiger partial charge >= 0.3 is 0 Å². The average Bonchev–Trinajstić information content (AvgIpc) is 3.25. The van der Waals surface area contributed by atoms with Crippen molar-refractivity contribution < 1.29 is 9.59 Å². The van der Waals surface area contributed by atoms with Gasteiger partial charge in [0.15, 0.2) is 4.34 Å². The van der Waals surface area contributed by atoms with Gasteiger partial charge in [-0.1, -0.05) is 59.5 Å².